The van der Waals surface area contributed by atoms with Crippen LogP contribution in [0, 0.1) is 11.8 Å². The molecule has 8 nitrogen and oxygen atoms in total. The van der Waals surface area contributed by atoms with E-state index in [1.54, 1.807) is 24.3 Å². The molecule has 1 aliphatic carbocycles. The van der Waals surface area contributed by atoms with Crippen LogP contribution in [0.2, 0.25) is 0 Å². The lowest BCUT2D eigenvalue weighted by Crippen LogP contribution is -2.61. The molecule has 1 aromatic carbocycles. The van der Waals surface area contributed by atoms with Crippen molar-refractivity contribution < 1.29 is 33.8 Å². The number of Topliss-reactive ketones (excluding diaryl/α,β-unsaturated/α-hetero) is 2. The summed E-state index contributed by atoms with van der Waals surface area (Å²) in [5.41, 5.74) is -6.07. The van der Waals surface area contributed by atoms with Gasteiger partial charge in [0.2, 0.25) is 17.1 Å². The van der Waals surface area contributed by atoms with Crippen molar-refractivity contribution >= 4 is 23.3 Å². The van der Waals surface area contributed by atoms with E-state index in [1.165, 1.54) is 25.1 Å². The van der Waals surface area contributed by atoms with Crippen molar-refractivity contribution in [3.05, 3.63) is 48.0 Å². The fourth-order valence-electron chi connectivity index (χ4n) is 5.01. The van der Waals surface area contributed by atoms with E-state index in [1.807, 2.05) is 6.92 Å². The van der Waals surface area contributed by atoms with Gasteiger partial charge in [-0.3, -0.25) is 19.2 Å². The van der Waals surface area contributed by atoms with Crippen LogP contribution in [0.4, 0.5) is 0 Å². The van der Waals surface area contributed by atoms with E-state index in [0.717, 1.165) is 7.11 Å². The quantitative estimate of drug-likeness (QED) is 0.547. The minimum atomic E-state index is -2.42. The van der Waals surface area contributed by atoms with Gasteiger partial charge >= 0.3 is 0 Å². The number of ketones is 3. The molecule has 2 fully saturated rings. The standard InChI is InChI=1S/C22H23NO7/c1-4-14-10-11-15(24)20(14)12(2)16(25)21(30-20)18(27)22(29-3,23-19(21)28)17(26)13-8-6-5-7-9-13/h5-12,14,18,27H,4H2,1-3H3,(H,23,28)/t12-,14+,18-,20-,21-,22-/m1/s1. The number of aliphatic hydroxyl groups is 1. The van der Waals surface area contributed by atoms with E-state index in [9.17, 15) is 24.3 Å². The molecule has 2 N–H and O–H groups in total. The van der Waals surface area contributed by atoms with Crippen molar-refractivity contribution in [1.29, 1.82) is 0 Å². The summed E-state index contributed by atoms with van der Waals surface area (Å²) in [6.07, 6.45) is 1.50. The van der Waals surface area contributed by atoms with Gasteiger partial charge in [0, 0.05) is 18.6 Å². The van der Waals surface area contributed by atoms with Crippen molar-refractivity contribution in [3.8, 4) is 0 Å². The Balaban J connectivity index is 1.82. The summed E-state index contributed by atoms with van der Waals surface area (Å²) in [6, 6.07) is 7.97. The number of aliphatic hydroxyl groups excluding tert-OH is 1. The fourth-order valence-corrected chi connectivity index (χ4v) is 5.01. The summed E-state index contributed by atoms with van der Waals surface area (Å²) in [7, 11) is 1.15. The van der Waals surface area contributed by atoms with Crippen LogP contribution >= 0.6 is 0 Å². The van der Waals surface area contributed by atoms with Gasteiger partial charge in [-0.05, 0) is 12.5 Å². The molecule has 158 valence electrons. The van der Waals surface area contributed by atoms with E-state index in [2.05, 4.69) is 5.32 Å². The second-order valence-corrected chi connectivity index (χ2v) is 7.95. The monoisotopic (exact) mass is 413 g/mol. The maximum atomic E-state index is 13.4. The second kappa shape index (κ2) is 6.66. The van der Waals surface area contributed by atoms with Crippen molar-refractivity contribution in [1.82, 2.24) is 5.32 Å². The summed E-state index contributed by atoms with van der Waals surface area (Å²) < 4.78 is 11.3. The van der Waals surface area contributed by atoms with Crippen LogP contribution in [0.15, 0.2) is 42.5 Å². The smallest absolute Gasteiger partial charge is 0.265 e. The zero-order valence-corrected chi connectivity index (χ0v) is 16.9. The van der Waals surface area contributed by atoms with Gasteiger partial charge in [0.05, 0.1) is 5.92 Å². The minimum absolute atomic E-state index is 0.175. The lowest BCUT2D eigenvalue weighted by Gasteiger charge is -2.35. The van der Waals surface area contributed by atoms with Crippen molar-refractivity contribution in [2.24, 2.45) is 11.8 Å². The summed E-state index contributed by atoms with van der Waals surface area (Å²) in [5.74, 6) is -4.34. The SMILES string of the molecule is CC[C@H]1C=CC(=O)[C@]12O[C@]1(C(=O)N[C@@](OC)(C(=O)c3ccccc3)[C@@H]1O)C(=O)[C@H]2C. The topological polar surface area (TPSA) is 119 Å². The fraction of sp³-hybridized carbons (Fsp3) is 0.455. The average molecular weight is 413 g/mol. The lowest BCUT2D eigenvalue weighted by atomic mass is 9.75. The highest BCUT2D eigenvalue weighted by Crippen LogP contribution is 2.53. The van der Waals surface area contributed by atoms with E-state index in [-0.39, 0.29) is 5.56 Å². The van der Waals surface area contributed by atoms with E-state index in [4.69, 9.17) is 9.47 Å². The number of rotatable bonds is 4. The molecule has 3 aliphatic rings. The van der Waals surface area contributed by atoms with Crippen LogP contribution in [0.5, 0.6) is 0 Å². The highest BCUT2D eigenvalue weighted by Gasteiger charge is 2.79. The van der Waals surface area contributed by atoms with Gasteiger partial charge in [-0.2, -0.15) is 0 Å². The molecule has 0 aromatic heterocycles. The van der Waals surface area contributed by atoms with Crippen LogP contribution in [0.25, 0.3) is 0 Å². The van der Waals surface area contributed by atoms with Gasteiger partial charge in [-0.1, -0.05) is 50.3 Å². The van der Waals surface area contributed by atoms with Crippen LogP contribution in [-0.4, -0.2) is 58.5 Å². The number of carbonyl (C=O) groups is 4. The summed E-state index contributed by atoms with van der Waals surface area (Å²) in [6.45, 7) is 3.35. The first-order valence-corrected chi connectivity index (χ1v) is 9.85. The first-order chi connectivity index (χ1) is 14.2. The molecule has 2 heterocycles. The Bertz CT molecular complexity index is 973. The molecule has 2 saturated heterocycles. The van der Waals surface area contributed by atoms with Gasteiger partial charge in [0.25, 0.3) is 5.91 Å². The van der Waals surface area contributed by atoms with Gasteiger partial charge < -0.3 is 19.9 Å². The number of ether oxygens (including phenoxy) is 2. The third kappa shape index (κ3) is 2.21. The summed E-state index contributed by atoms with van der Waals surface area (Å²) in [4.78, 5) is 52.5. The molecule has 0 bridgehead atoms. The highest BCUT2D eigenvalue weighted by atomic mass is 16.6. The Labute approximate surface area is 173 Å². The predicted molar refractivity (Wildman–Crippen MR) is 103 cm³/mol. The van der Waals surface area contributed by atoms with Crippen molar-refractivity contribution in [3.63, 3.8) is 0 Å². The molecule has 1 amide bonds. The van der Waals surface area contributed by atoms with Gasteiger partial charge in [0.1, 0.15) is 5.60 Å². The van der Waals surface area contributed by atoms with Gasteiger partial charge in [0.15, 0.2) is 17.7 Å². The molecular weight excluding hydrogens is 390 g/mol. The van der Waals surface area contributed by atoms with Crippen LogP contribution < -0.4 is 5.32 Å². The summed E-state index contributed by atoms with van der Waals surface area (Å²) >= 11 is 0. The molecule has 2 spiro atoms. The van der Waals surface area contributed by atoms with Crippen LogP contribution in [0.3, 0.4) is 0 Å². The zero-order valence-electron chi connectivity index (χ0n) is 16.9. The number of amides is 1. The van der Waals surface area contributed by atoms with Gasteiger partial charge in [-0.15, -0.1) is 0 Å². The van der Waals surface area contributed by atoms with E-state index < -0.39 is 58.1 Å². The molecule has 0 radical (unpaired) electrons. The van der Waals surface area contributed by atoms with E-state index >= 15 is 0 Å². The van der Waals surface area contributed by atoms with E-state index in [0.29, 0.717) is 6.42 Å². The number of benzene rings is 1. The van der Waals surface area contributed by atoms with Crippen LogP contribution in [-0.2, 0) is 23.9 Å². The lowest BCUT2D eigenvalue weighted by molar-refractivity contribution is -0.189. The second-order valence-electron chi connectivity index (χ2n) is 7.95. The molecule has 2 aliphatic heterocycles. The first-order valence-electron chi connectivity index (χ1n) is 9.85. The summed E-state index contributed by atoms with van der Waals surface area (Å²) in [5, 5.41) is 13.6. The normalized spacial score (nSPS) is 40.0. The largest absolute Gasteiger partial charge is 0.383 e. The Morgan fingerprint density at radius 2 is 1.90 bits per heavy atom. The maximum absolute atomic E-state index is 13.4. The number of hydrogen-bond donors (Lipinski definition) is 2. The Kier molecular flexibility index (Phi) is 4.57. The predicted octanol–water partition coefficient (Wildman–Crippen LogP) is 0.581. The van der Waals surface area contributed by atoms with Crippen molar-refractivity contribution in [2.45, 2.75) is 43.3 Å². The van der Waals surface area contributed by atoms with Crippen molar-refractivity contribution in [2.75, 3.05) is 7.11 Å². The molecule has 8 heteroatoms. The number of methoxy groups -OCH3 is 1. The number of carbonyl (C=O) groups excluding carboxylic acids is 4. The molecule has 6 atom stereocenters. The number of hydrogen-bond acceptors (Lipinski definition) is 7. The Hall–Kier alpha value is -2.68. The average Bonchev–Trinajstić information content (AvgIpc) is 3.29. The molecule has 30 heavy (non-hydrogen) atoms. The molecule has 0 unspecified atom stereocenters. The molecular formula is C22H23NO7. The minimum Gasteiger partial charge on any atom is -0.383 e. The zero-order chi connectivity index (χ0) is 21.9. The van der Waals surface area contributed by atoms with Crippen LogP contribution in [0.1, 0.15) is 30.6 Å². The highest BCUT2D eigenvalue weighted by molar-refractivity contribution is 6.21. The third-order valence-corrected chi connectivity index (χ3v) is 6.69. The number of nitrogens with one attached hydrogen (secondary N) is 1. The van der Waals surface area contributed by atoms with Gasteiger partial charge in [-0.25, -0.2) is 0 Å². The Morgan fingerprint density at radius 3 is 2.50 bits per heavy atom. The molecule has 4 rings (SSSR count). The Morgan fingerprint density at radius 1 is 1.23 bits per heavy atom. The molecule has 0 saturated carbocycles. The third-order valence-electron chi connectivity index (χ3n) is 6.69. The molecule has 1 aromatic rings. The first kappa shape index (κ1) is 20.6. The maximum Gasteiger partial charge on any atom is 0.265 e.